The molecule has 1 aliphatic heterocycles. The van der Waals surface area contributed by atoms with Crippen LogP contribution in [0.5, 0.6) is 0 Å². The summed E-state index contributed by atoms with van der Waals surface area (Å²) in [5.41, 5.74) is 7.22. The minimum Gasteiger partial charge on any atom is -0.379 e. The molecular formula is C13H20N2OS. The molecule has 0 spiro atoms. The summed E-state index contributed by atoms with van der Waals surface area (Å²) in [6, 6.07) is 0. The molecule has 2 heterocycles. The first-order valence-electron chi connectivity index (χ1n) is 6.58. The van der Waals surface area contributed by atoms with Crippen LogP contribution in [0, 0.1) is 0 Å². The topological polar surface area (TPSA) is 48.1 Å². The molecule has 3 rings (SSSR count). The Morgan fingerprint density at radius 1 is 1.35 bits per heavy atom. The SMILES string of the molecule is NCC1(c2nc(C3CCCCC3)cs2)COC1. The van der Waals surface area contributed by atoms with Gasteiger partial charge >= 0.3 is 0 Å². The lowest BCUT2D eigenvalue weighted by molar-refractivity contribution is -0.0551. The van der Waals surface area contributed by atoms with Gasteiger partial charge in [-0.15, -0.1) is 11.3 Å². The molecule has 0 bridgehead atoms. The van der Waals surface area contributed by atoms with Gasteiger partial charge < -0.3 is 10.5 Å². The summed E-state index contributed by atoms with van der Waals surface area (Å²) < 4.78 is 5.32. The minimum atomic E-state index is 0.0393. The lowest BCUT2D eigenvalue weighted by Crippen LogP contribution is -2.52. The Morgan fingerprint density at radius 2 is 2.12 bits per heavy atom. The molecule has 0 radical (unpaired) electrons. The van der Waals surface area contributed by atoms with E-state index in [0.717, 1.165) is 13.2 Å². The largest absolute Gasteiger partial charge is 0.379 e. The van der Waals surface area contributed by atoms with E-state index in [1.54, 1.807) is 11.3 Å². The van der Waals surface area contributed by atoms with E-state index < -0.39 is 0 Å². The van der Waals surface area contributed by atoms with Crippen molar-refractivity contribution in [1.29, 1.82) is 0 Å². The van der Waals surface area contributed by atoms with Gasteiger partial charge in [-0.25, -0.2) is 4.98 Å². The summed E-state index contributed by atoms with van der Waals surface area (Å²) in [7, 11) is 0. The van der Waals surface area contributed by atoms with Crippen molar-refractivity contribution in [2.24, 2.45) is 5.73 Å². The maximum Gasteiger partial charge on any atom is 0.105 e. The summed E-state index contributed by atoms with van der Waals surface area (Å²) in [6.07, 6.45) is 6.75. The highest BCUT2D eigenvalue weighted by Gasteiger charge is 2.42. The summed E-state index contributed by atoms with van der Waals surface area (Å²) >= 11 is 1.78. The van der Waals surface area contributed by atoms with E-state index in [0.29, 0.717) is 12.5 Å². The Morgan fingerprint density at radius 3 is 2.71 bits per heavy atom. The van der Waals surface area contributed by atoms with Gasteiger partial charge in [-0.2, -0.15) is 0 Å². The number of nitrogens with zero attached hydrogens (tertiary/aromatic N) is 1. The Kier molecular flexibility index (Phi) is 3.19. The Labute approximate surface area is 106 Å². The zero-order chi connectivity index (χ0) is 11.7. The van der Waals surface area contributed by atoms with Gasteiger partial charge in [-0.05, 0) is 12.8 Å². The fourth-order valence-electron chi connectivity index (χ4n) is 2.79. The third kappa shape index (κ3) is 2.02. The number of hydrogen-bond acceptors (Lipinski definition) is 4. The van der Waals surface area contributed by atoms with E-state index in [9.17, 15) is 0 Å². The molecule has 0 atom stereocenters. The molecule has 94 valence electrons. The molecule has 2 aliphatic rings. The van der Waals surface area contributed by atoms with Crippen LogP contribution in [0.4, 0.5) is 0 Å². The van der Waals surface area contributed by atoms with Crippen LogP contribution < -0.4 is 5.73 Å². The summed E-state index contributed by atoms with van der Waals surface area (Å²) in [5, 5.41) is 3.45. The molecule has 1 saturated heterocycles. The summed E-state index contributed by atoms with van der Waals surface area (Å²) in [6.45, 7) is 2.16. The van der Waals surface area contributed by atoms with Crippen LogP contribution in [-0.2, 0) is 10.2 Å². The molecule has 0 aromatic carbocycles. The number of ether oxygens (including phenoxy) is 1. The Hall–Kier alpha value is -0.450. The average molecular weight is 252 g/mol. The van der Waals surface area contributed by atoms with Gasteiger partial charge in [0.25, 0.3) is 0 Å². The Balaban J connectivity index is 1.77. The van der Waals surface area contributed by atoms with E-state index in [1.807, 2.05) is 0 Å². The van der Waals surface area contributed by atoms with E-state index in [1.165, 1.54) is 42.8 Å². The minimum absolute atomic E-state index is 0.0393. The van der Waals surface area contributed by atoms with Crippen LogP contribution >= 0.6 is 11.3 Å². The number of thiazole rings is 1. The lowest BCUT2D eigenvalue weighted by Gasteiger charge is -2.38. The first kappa shape index (κ1) is 11.6. The van der Waals surface area contributed by atoms with Crippen molar-refractivity contribution in [3.05, 3.63) is 16.1 Å². The van der Waals surface area contributed by atoms with Gasteiger partial charge in [0.1, 0.15) is 5.01 Å². The van der Waals surface area contributed by atoms with E-state index in [4.69, 9.17) is 15.5 Å². The normalized spacial score (nSPS) is 24.5. The van der Waals surface area contributed by atoms with Crippen LogP contribution in [-0.4, -0.2) is 24.7 Å². The quantitative estimate of drug-likeness (QED) is 0.898. The van der Waals surface area contributed by atoms with Crippen molar-refractivity contribution in [3.8, 4) is 0 Å². The molecule has 1 aromatic rings. The maximum absolute atomic E-state index is 5.88. The number of aromatic nitrogens is 1. The molecular weight excluding hydrogens is 232 g/mol. The second-order valence-corrected chi connectivity index (χ2v) is 6.25. The van der Waals surface area contributed by atoms with Gasteiger partial charge in [0.15, 0.2) is 0 Å². The van der Waals surface area contributed by atoms with Crippen molar-refractivity contribution in [3.63, 3.8) is 0 Å². The standard InChI is InChI=1S/C13H20N2OS/c14-7-13(8-16-9-13)12-15-11(6-17-12)10-4-2-1-3-5-10/h6,10H,1-5,7-9,14H2. The van der Waals surface area contributed by atoms with E-state index >= 15 is 0 Å². The van der Waals surface area contributed by atoms with Crippen LogP contribution in [0.3, 0.4) is 0 Å². The lowest BCUT2D eigenvalue weighted by atomic mass is 9.86. The molecule has 0 unspecified atom stereocenters. The maximum atomic E-state index is 5.88. The van der Waals surface area contributed by atoms with Crippen molar-refractivity contribution in [1.82, 2.24) is 4.98 Å². The number of hydrogen-bond donors (Lipinski definition) is 1. The highest BCUT2D eigenvalue weighted by atomic mass is 32.1. The summed E-state index contributed by atoms with van der Waals surface area (Å²) in [5.74, 6) is 0.699. The second kappa shape index (κ2) is 4.67. The van der Waals surface area contributed by atoms with E-state index in [-0.39, 0.29) is 5.41 Å². The summed E-state index contributed by atoms with van der Waals surface area (Å²) in [4.78, 5) is 4.86. The van der Waals surface area contributed by atoms with Crippen LogP contribution in [0.15, 0.2) is 5.38 Å². The molecule has 3 nitrogen and oxygen atoms in total. The average Bonchev–Trinajstić information content (AvgIpc) is 2.80. The molecule has 1 aliphatic carbocycles. The zero-order valence-electron chi connectivity index (χ0n) is 10.2. The highest BCUT2D eigenvalue weighted by Crippen LogP contribution is 2.38. The van der Waals surface area contributed by atoms with Gasteiger partial charge in [0.05, 0.1) is 24.3 Å². The van der Waals surface area contributed by atoms with Gasteiger partial charge in [0, 0.05) is 17.8 Å². The number of nitrogens with two attached hydrogens (primary N) is 1. The molecule has 1 aromatic heterocycles. The van der Waals surface area contributed by atoms with Crippen molar-refractivity contribution in [2.45, 2.75) is 43.4 Å². The monoisotopic (exact) mass is 252 g/mol. The molecule has 2 fully saturated rings. The van der Waals surface area contributed by atoms with Crippen LogP contribution in [0.1, 0.15) is 48.7 Å². The number of rotatable bonds is 3. The van der Waals surface area contributed by atoms with Gasteiger partial charge in [-0.1, -0.05) is 19.3 Å². The second-order valence-electron chi connectivity index (χ2n) is 5.39. The predicted molar refractivity (Wildman–Crippen MR) is 69.5 cm³/mol. The molecule has 1 saturated carbocycles. The molecule has 17 heavy (non-hydrogen) atoms. The first-order valence-corrected chi connectivity index (χ1v) is 7.46. The third-order valence-corrected chi connectivity index (χ3v) is 5.25. The third-order valence-electron chi connectivity index (χ3n) is 4.15. The van der Waals surface area contributed by atoms with Gasteiger partial charge in [-0.3, -0.25) is 0 Å². The van der Waals surface area contributed by atoms with Crippen molar-refractivity contribution >= 4 is 11.3 Å². The molecule has 0 amide bonds. The smallest absolute Gasteiger partial charge is 0.105 e. The van der Waals surface area contributed by atoms with Crippen molar-refractivity contribution in [2.75, 3.05) is 19.8 Å². The molecule has 4 heteroatoms. The van der Waals surface area contributed by atoms with E-state index in [2.05, 4.69) is 5.38 Å². The van der Waals surface area contributed by atoms with Crippen molar-refractivity contribution < 1.29 is 4.74 Å². The van der Waals surface area contributed by atoms with Crippen LogP contribution in [0.2, 0.25) is 0 Å². The van der Waals surface area contributed by atoms with Gasteiger partial charge in [0.2, 0.25) is 0 Å². The highest BCUT2D eigenvalue weighted by molar-refractivity contribution is 7.09. The fourth-order valence-corrected chi connectivity index (χ4v) is 3.88. The van der Waals surface area contributed by atoms with Crippen LogP contribution in [0.25, 0.3) is 0 Å². The fraction of sp³-hybridized carbons (Fsp3) is 0.769. The Bertz CT molecular complexity index is 375. The zero-order valence-corrected chi connectivity index (χ0v) is 11.0. The predicted octanol–water partition coefficient (Wildman–Crippen LogP) is 2.42. The first-order chi connectivity index (χ1) is 8.34. The molecule has 2 N–H and O–H groups in total.